The Bertz CT molecular complexity index is 500. The zero-order valence-electron chi connectivity index (χ0n) is 13.4. The molecule has 0 radical (unpaired) electrons. The van der Waals surface area contributed by atoms with Crippen molar-refractivity contribution in [3.8, 4) is 0 Å². The fourth-order valence-electron chi connectivity index (χ4n) is 1.91. The van der Waals surface area contributed by atoms with E-state index in [0.29, 0.717) is 0 Å². The number of hydrogen-bond acceptors (Lipinski definition) is 6. The predicted molar refractivity (Wildman–Crippen MR) is 86.1 cm³/mol. The highest BCUT2D eigenvalue weighted by molar-refractivity contribution is 7.54. The number of alkyl carbamates (subject to hydrolysis) is 1. The Morgan fingerprint density at radius 2 is 1.83 bits per heavy atom. The normalized spacial score (nSPS) is 12.7. The lowest BCUT2D eigenvalue weighted by Gasteiger charge is -2.26. The first-order valence-electron chi connectivity index (χ1n) is 7.52. The van der Waals surface area contributed by atoms with Crippen LogP contribution >= 0.6 is 7.60 Å². The number of amides is 1. The Morgan fingerprint density at radius 1 is 1.22 bits per heavy atom. The Hall–Kier alpha value is -1.40. The smallest absolute Gasteiger partial charge is 0.408 e. The molecule has 130 valence electrons. The van der Waals surface area contributed by atoms with Gasteiger partial charge in [-0.3, -0.25) is 4.57 Å². The van der Waals surface area contributed by atoms with Crippen LogP contribution < -0.4 is 5.32 Å². The molecule has 1 atom stereocenters. The third-order valence-corrected chi connectivity index (χ3v) is 5.29. The molecule has 0 aromatic heterocycles. The van der Waals surface area contributed by atoms with Crippen LogP contribution in [0.2, 0.25) is 0 Å². The molecule has 0 aliphatic heterocycles. The zero-order valence-corrected chi connectivity index (χ0v) is 14.3. The van der Waals surface area contributed by atoms with Gasteiger partial charge >= 0.3 is 13.7 Å². The molecular weight excluding hydrogens is 321 g/mol. The quantitative estimate of drug-likeness (QED) is 0.633. The lowest BCUT2D eigenvalue weighted by molar-refractivity contribution is 0.132. The summed E-state index contributed by atoms with van der Waals surface area (Å²) in [6, 6.07) is 9.18. The Balaban J connectivity index is 2.66. The van der Waals surface area contributed by atoms with Crippen LogP contribution in [0.25, 0.3) is 0 Å². The van der Waals surface area contributed by atoms with Crippen molar-refractivity contribution in [3.05, 3.63) is 35.9 Å². The number of carbonyl (C=O) groups excluding carboxylic acids is 1. The maximum atomic E-state index is 12.7. The van der Waals surface area contributed by atoms with Gasteiger partial charge in [-0.15, -0.1) is 0 Å². The molecule has 0 heterocycles. The summed E-state index contributed by atoms with van der Waals surface area (Å²) in [6.45, 7) is 3.50. The highest BCUT2D eigenvalue weighted by atomic mass is 31.2. The maximum Gasteiger partial charge on any atom is 0.408 e. The molecule has 0 saturated heterocycles. The van der Waals surface area contributed by atoms with Crippen LogP contribution in [0.3, 0.4) is 0 Å². The van der Waals surface area contributed by atoms with E-state index in [0.717, 1.165) is 5.56 Å². The average molecular weight is 345 g/mol. The van der Waals surface area contributed by atoms with E-state index in [2.05, 4.69) is 5.32 Å². The van der Waals surface area contributed by atoms with E-state index in [4.69, 9.17) is 18.9 Å². The number of nitrogens with one attached hydrogen (secondary N) is 1. The van der Waals surface area contributed by atoms with Gasteiger partial charge in [0.25, 0.3) is 0 Å². The molecule has 0 aliphatic rings. The van der Waals surface area contributed by atoms with Gasteiger partial charge in [0.15, 0.2) is 0 Å². The molecule has 0 spiro atoms. The van der Waals surface area contributed by atoms with Crippen molar-refractivity contribution in [2.45, 2.75) is 32.7 Å². The second-order valence-electron chi connectivity index (χ2n) is 4.61. The Labute approximate surface area is 136 Å². The first kappa shape index (κ1) is 19.6. The minimum Gasteiger partial charge on any atom is -0.445 e. The van der Waals surface area contributed by atoms with Gasteiger partial charge < -0.3 is 24.2 Å². The molecule has 0 fully saturated rings. The van der Waals surface area contributed by atoms with Crippen molar-refractivity contribution < 1.29 is 28.3 Å². The summed E-state index contributed by atoms with van der Waals surface area (Å²) in [4.78, 5) is 11.9. The number of aliphatic hydroxyl groups excluding tert-OH is 1. The van der Waals surface area contributed by atoms with Crippen molar-refractivity contribution >= 4 is 13.7 Å². The van der Waals surface area contributed by atoms with Crippen LogP contribution in [0.15, 0.2) is 30.3 Å². The van der Waals surface area contributed by atoms with Crippen molar-refractivity contribution in [1.82, 2.24) is 5.32 Å². The minimum atomic E-state index is -3.57. The lowest BCUT2D eigenvalue weighted by Crippen LogP contribution is -2.37. The molecule has 8 heteroatoms. The first-order chi connectivity index (χ1) is 11.1. The van der Waals surface area contributed by atoms with Crippen LogP contribution in [-0.4, -0.2) is 36.8 Å². The molecule has 0 aliphatic carbocycles. The number of carbonyl (C=O) groups is 1. The zero-order chi connectivity index (χ0) is 17.1. The second-order valence-corrected chi connectivity index (χ2v) is 6.83. The molecule has 1 rings (SSSR count). The fraction of sp³-hybridized carbons (Fsp3) is 0.533. The SMILES string of the molecule is CCOP(=O)(OCC)[C@@H](CCO)NC(=O)OCc1ccccc1. The van der Waals surface area contributed by atoms with E-state index in [1.165, 1.54) is 0 Å². The van der Waals surface area contributed by atoms with Gasteiger partial charge in [-0.25, -0.2) is 4.79 Å². The van der Waals surface area contributed by atoms with Gasteiger partial charge in [-0.1, -0.05) is 30.3 Å². The number of benzene rings is 1. The summed E-state index contributed by atoms with van der Waals surface area (Å²) in [5, 5.41) is 11.6. The van der Waals surface area contributed by atoms with Gasteiger partial charge in [-0.2, -0.15) is 0 Å². The molecule has 0 unspecified atom stereocenters. The second kappa shape index (κ2) is 10.4. The molecule has 0 bridgehead atoms. The molecule has 1 aromatic carbocycles. The van der Waals surface area contributed by atoms with Crippen LogP contribution in [0.4, 0.5) is 4.79 Å². The maximum absolute atomic E-state index is 12.7. The molecule has 23 heavy (non-hydrogen) atoms. The Kier molecular flexibility index (Phi) is 8.87. The van der Waals surface area contributed by atoms with Crippen LogP contribution in [0.5, 0.6) is 0 Å². The van der Waals surface area contributed by atoms with Crippen molar-refractivity contribution in [1.29, 1.82) is 0 Å². The molecule has 1 amide bonds. The third-order valence-electron chi connectivity index (χ3n) is 2.90. The topological polar surface area (TPSA) is 94.1 Å². The van der Waals surface area contributed by atoms with Gasteiger partial charge in [0.1, 0.15) is 12.4 Å². The highest BCUT2D eigenvalue weighted by Gasteiger charge is 2.36. The minimum absolute atomic E-state index is 0.0394. The number of ether oxygens (including phenoxy) is 1. The van der Waals surface area contributed by atoms with E-state index >= 15 is 0 Å². The number of aliphatic hydroxyl groups is 1. The van der Waals surface area contributed by atoms with Crippen LogP contribution in [0.1, 0.15) is 25.8 Å². The predicted octanol–water partition coefficient (Wildman–Crippen LogP) is 2.89. The first-order valence-corrected chi connectivity index (χ1v) is 9.13. The molecule has 0 saturated carbocycles. The average Bonchev–Trinajstić information content (AvgIpc) is 2.54. The summed E-state index contributed by atoms with van der Waals surface area (Å²) >= 11 is 0. The summed E-state index contributed by atoms with van der Waals surface area (Å²) in [6.07, 6.45) is -0.704. The molecular formula is C15H24NO6P. The molecule has 1 aromatic rings. The lowest BCUT2D eigenvalue weighted by atomic mass is 10.2. The standard InChI is InChI=1S/C15H24NO6P/c1-3-21-23(19,22-4-2)14(10-11-17)16-15(18)20-12-13-8-6-5-7-9-13/h5-9,14,17H,3-4,10-12H2,1-2H3,(H,16,18)/t14-/m0/s1. The van der Waals surface area contributed by atoms with Crippen LogP contribution in [-0.2, 0) is 25.0 Å². The molecule has 2 N–H and O–H groups in total. The van der Waals surface area contributed by atoms with E-state index in [-0.39, 0.29) is 32.8 Å². The van der Waals surface area contributed by atoms with Crippen molar-refractivity contribution in [2.75, 3.05) is 19.8 Å². The third kappa shape index (κ3) is 6.71. The Morgan fingerprint density at radius 3 is 2.35 bits per heavy atom. The van der Waals surface area contributed by atoms with Gasteiger partial charge in [0, 0.05) is 13.0 Å². The van der Waals surface area contributed by atoms with E-state index in [9.17, 15) is 9.36 Å². The van der Waals surface area contributed by atoms with Gasteiger partial charge in [-0.05, 0) is 19.4 Å². The monoisotopic (exact) mass is 345 g/mol. The summed E-state index contributed by atoms with van der Waals surface area (Å²) in [5.74, 6) is -0.962. The number of hydrogen-bond donors (Lipinski definition) is 2. The molecule has 7 nitrogen and oxygen atoms in total. The number of rotatable bonds is 10. The summed E-state index contributed by atoms with van der Waals surface area (Å²) < 4.78 is 28.2. The fourth-order valence-corrected chi connectivity index (χ4v) is 3.76. The summed E-state index contributed by atoms with van der Waals surface area (Å²) in [5.41, 5.74) is 0.833. The van der Waals surface area contributed by atoms with Crippen molar-refractivity contribution in [3.63, 3.8) is 0 Å². The van der Waals surface area contributed by atoms with Gasteiger partial charge in [0.2, 0.25) is 0 Å². The van der Waals surface area contributed by atoms with Crippen LogP contribution in [0, 0.1) is 0 Å². The summed E-state index contributed by atoms with van der Waals surface area (Å²) in [7, 11) is -3.57. The van der Waals surface area contributed by atoms with E-state index in [1.807, 2.05) is 30.3 Å². The van der Waals surface area contributed by atoms with Gasteiger partial charge in [0.05, 0.1) is 13.2 Å². The van der Waals surface area contributed by atoms with E-state index < -0.39 is 19.5 Å². The largest absolute Gasteiger partial charge is 0.445 e. The highest BCUT2D eigenvalue weighted by Crippen LogP contribution is 2.53. The van der Waals surface area contributed by atoms with E-state index in [1.54, 1.807) is 13.8 Å². The van der Waals surface area contributed by atoms with Crippen molar-refractivity contribution in [2.24, 2.45) is 0 Å².